The molecule has 0 N–H and O–H groups in total. The van der Waals surface area contributed by atoms with Crippen LogP contribution in [0, 0.1) is 5.92 Å². The van der Waals surface area contributed by atoms with Crippen LogP contribution < -0.4 is 0 Å². The maximum Gasteiger partial charge on any atom is 0.0443 e. The molecule has 1 heteroatoms. The summed E-state index contributed by atoms with van der Waals surface area (Å²) >= 11 is 6.27. The first kappa shape index (κ1) is 10.0. The lowest BCUT2D eigenvalue weighted by Crippen LogP contribution is -1.90. The van der Waals surface area contributed by atoms with E-state index in [0.717, 1.165) is 16.9 Å². The molecule has 1 aromatic carbocycles. The molecule has 1 aliphatic carbocycles. The van der Waals surface area contributed by atoms with Gasteiger partial charge in [0, 0.05) is 5.02 Å². The highest BCUT2D eigenvalue weighted by Gasteiger charge is 2.35. The van der Waals surface area contributed by atoms with Gasteiger partial charge in [-0.15, -0.1) is 0 Å². The first-order valence-corrected chi connectivity index (χ1v) is 5.76. The van der Waals surface area contributed by atoms with Gasteiger partial charge in [-0.1, -0.05) is 44.5 Å². The minimum atomic E-state index is 0.568. The van der Waals surface area contributed by atoms with Crippen molar-refractivity contribution in [2.24, 2.45) is 5.92 Å². The maximum atomic E-state index is 6.27. The summed E-state index contributed by atoms with van der Waals surface area (Å²) in [6.45, 7) is 6.69. The van der Waals surface area contributed by atoms with E-state index < -0.39 is 0 Å². The smallest absolute Gasteiger partial charge is 0.0443 e. The molecule has 0 radical (unpaired) electrons. The number of hydrogen-bond acceptors (Lipinski definition) is 0. The molecule has 1 aliphatic rings. The molecular formula is C13H17Cl. The second-order valence-electron chi connectivity index (χ2n) is 4.76. The Bertz CT molecular complexity index is 341. The van der Waals surface area contributed by atoms with Crippen LogP contribution in [0.1, 0.15) is 50.2 Å². The van der Waals surface area contributed by atoms with Crippen molar-refractivity contribution in [2.75, 3.05) is 0 Å². The van der Waals surface area contributed by atoms with E-state index in [1.807, 2.05) is 0 Å². The van der Waals surface area contributed by atoms with Crippen molar-refractivity contribution in [2.45, 2.75) is 39.0 Å². The topological polar surface area (TPSA) is 0 Å². The molecule has 0 aromatic heterocycles. The fourth-order valence-electron chi connectivity index (χ4n) is 1.96. The van der Waals surface area contributed by atoms with Crippen LogP contribution >= 0.6 is 11.6 Å². The Morgan fingerprint density at radius 3 is 2.43 bits per heavy atom. The molecule has 2 unspecified atom stereocenters. The van der Waals surface area contributed by atoms with Crippen molar-refractivity contribution < 1.29 is 0 Å². The molecule has 0 aliphatic heterocycles. The first-order chi connectivity index (χ1) is 6.59. The summed E-state index contributed by atoms with van der Waals surface area (Å²) in [4.78, 5) is 0. The van der Waals surface area contributed by atoms with Gasteiger partial charge < -0.3 is 0 Å². The minimum absolute atomic E-state index is 0.568. The predicted octanol–water partition coefficient (Wildman–Crippen LogP) is 4.59. The molecule has 2 rings (SSSR count). The van der Waals surface area contributed by atoms with Crippen LogP contribution in [0.4, 0.5) is 0 Å². The third kappa shape index (κ3) is 1.81. The summed E-state index contributed by atoms with van der Waals surface area (Å²) in [7, 11) is 0. The average molecular weight is 209 g/mol. The van der Waals surface area contributed by atoms with Crippen molar-refractivity contribution in [1.82, 2.24) is 0 Å². The number of halogens is 1. The fourth-order valence-corrected chi connectivity index (χ4v) is 2.29. The standard InChI is InChI=1S/C13H17Cl/c1-8(2)10-4-5-11(13(14)7-10)12-6-9(12)3/h4-5,7-9,12H,6H2,1-3H3. The van der Waals surface area contributed by atoms with Crippen LogP contribution in [-0.4, -0.2) is 0 Å². The Kier molecular flexibility index (Phi) is 2.57. The summed E-state index contributed by atoms with van der Waals surface area (Å²) < 4.78 is 0. The highest BCUT2D eigenvalue weighted by Crippen LogP contribution is 2.49. The van der Waals surface area contributed by atoms with E-state index in [4.69, 9.17) is 11.6 Å². The summed E-state index contributed by atoms with van der Waals surface area (Å²) in [6, 6.07) is 6.56. The molecule has 76 valence electrons. The summed E-state index contributed by atoms with van der Waals surface area (Å²) in [5.41, 5.74) is 2.69. The van der Waals surface area contributed by atoms with Gasteiger partial charge in [-0.05, 0) is 41.4 Å². The molecule has 0 saturated heterocycles. The van der Waals surface area contributed by atoms with E-state index >= 15 is 0 Å². The van der Waals surface area contributed by atoms with E-state index in [1.165, 1.54) is 17.5 Å². The molecule has 0 bridgehead atoms. The zero-order valence-corrected chi connectivity index (χ0v) is 9.81. The summed E-state index contributed by atoms with van der Waals surface area (Å²) in [6.07, 6.45) is 1.31. The quantitative estimate of drug-likeness (QED) is 0.667. The van der Waals surface area contributed by atoms with Gasteiger partial charge >= 0.3 is 0 Å². The molecule has 1 fully saturated rings. The lowest BCUT2D eigenvalue weighted by Gasteiger charge is -2.09. The van der Waals surface area contributed by atoms with E-state index in [2.05, 4.69) is 39.0 Å². The molecule has 2 atom stereocenters. The molecule has 0 heterocycles. The first-order valence-electron chi connectivity index (χ1n) is 5.39. The van der Waals surface area contributed by atoms with Crippen molar-refractivity contribution in [3.63, 3.8) is 0 Å². The highest BCUT2D eigenvalue weighted by molar-refractivity contribution is 6.31. The molecule has 0 nitrogen and oxygen atoms in total. The van der Waals surface area contributed by atoms with Gasteiger partial charge in [-0.3, -0.25) is 0 Å². The molecular weight excluding hydrogens is 192 g/mol. The molecule has 0 amide bonds. The van der Waals surface area contributed by atoms with Crippen LogP contribution in [-0.2, 0) is 0 Å². The van der Waals surface area contributed by atoms with Crippen LogP contribution in [0.3, 0.4) is 0 Å². The Morgan fingerprint density at radius 2 is 2.00 bits per heavy atom. The van der Waals surface area contributed by atoms with Gasteiger partial charge in [0.05, 0.1) is 0 Å². The second kappa shape index (κ2) is 3.58. The zero-order chi connectivity index (χ0) is 10.3. The van der Waals surface area contributed by atoms with Crippen LogP contribution in [0.5, 0.6) is 0 Å². The molecule has 14 heavy (non-hydrogen) atoms. The minimum Gasteiger partial charge on any atom is -0.0840 e. The lowest BCUT2D eigenvalue weighted by molar-refractivity contribution is 0.861. The van der Waals surface area contributed by atoms with Crippen molar-refractivity contribution in [3.05, 3.63) is 34.3 Å². The largest absolute Gasteiger partial charge is 0.0840 e. The average Bonchev–Trinajstić information content (AvgIpc) is 2.82. The van der Waals surface area contributed by atoms with Gasteiger partial charge in [-0.2, -0.15) is 0 Å². The Balaban J connectivity index is 2.28. The zero-order valence-electron chi connectivity index (χ0n) is 9.05. The van der Waals surface area contributed by atoms with Gasteiger partial charge in [0.25, 0.3) is 0 Å². The Hall–Kier alpha value is -0.490. The van der Waals surface area contributed by atoms with Crippen LogP contribution in [0.2, 0.25) is 5.02 Å². The third-order valence-corrected chi connectivity index (χ3v) is 3.53. The fraction of sp³-hybridized carbons (Fsp3) is 0.538. The molecule has 1 aromatic rings. The van der Waals surface area contributed by atoms with E-state index in [0.29, 0.717) is 5.92 Å². The number of rotatable bonds is 2. The van der Waals surface area contributed by atoms with Gasteiger partial charge in [-0.25, -0.2) is 0 Å². The summed E-state index contributed by atoms with van der Waals surface area (Å²) in [5, 5.41) is 0.963. The van der Waals surface area contributed by atoms with Gasteiger partial charge in [0.2, 0.25) is 0 Å². The van der Waals surface area contributed by atoms with E-state index in [9.17, 15) is 0 Å². The lowest BCUT2D eigenvalue weighted by atomic mass is 10.00. The van der Waals surface area contributed by atoms with Crippen LogP contribution in [0.25, 0.3) is 0 Å². The normalized spacial score (nSPS) is 25.5. The van der Waals surface area contributed by atoms with E-state index in [-0.39, 0.29) is 0 Å². The van der Waals surface area contributed by atoms with Gasteiger partial charge in [0.1, 0.15) is 0 Å². The molecule has 1 saturated carbocycles. The van der Waals surface area contributed by atoms with Crippen molar-refractivity contribution in [3.8, 4) is 0 Å². The van der Waals surface area contributed by atoms with Crippen LogP contribution in [0.15, 0.2) is 18.2 Å². The van der Waals surface area contributed by atoms with Gasteiger partial charge in [0.15, 0.2) is 0 Å². The predicted molar refractivity (Wildman–Crippen MR) is 62.1 cm³/mol. The Labute approximate surface area is 91.3 Å². The third-order valence-electron chi connectivity index (χ3n) is 3.20. The Morgan fingerprint density at radius 1 is 1.36 bits per heavy atom. The maximum absolute atomic E-state index is 6.27. The van der Waals surface area contributed by atoms with Crippen molar-refractivity contribution in [1.29, 1.82) is 0 Å². The summed E-state index contributed by atoms with van der Waals surface area (Å²) in [5.74, 6) is 2.12. The van der Waals surface area contributed by atoms with E-state index in [1.54, 1.807) is 0 Å². The molecule has 0 spiro atoms. The number of benzene rings is 1. The van der Waals surface area contributed by atoms with Crippen molar-refractivity contribution >= 4 is 11.6 Å². The SMILES string of the molecule is CC(C)c1ccc(C2CC2C)c(Cl)c1. The highest BCUT2D eigenvalue weighted by atomic mass is 35.5. The monoisotopic (exact) mass is 208 g/mol. The second-order valence-corrected chi connectivity index (χ2v) is 5.16. The number of hydrogen-bond donors (Lipinski definition) is 0.